The maximum atomic E-state index is 11.7. The van der Waals surface area contributed by atoms with Crippen molar-refractivity contribution in [3.05, 3.63) is 69.3 Å². The molecule has 2 aromatic rings. The van der Waals surface area contributed by atoms with Gasteiger partial charge in [0.25, 0.3) is 5.91 Å². The lowest BCUT2D eigenvalue weighted by molar-refractivity contribution is -0.115. The maximum absolute atomic E-state index is 11.7. The van der Waals surface area contributed by atoms with E-state index in [0.717, 1.165) is 10.0 Å². The van der Waals surface area contributed by atoms with Crippen LogP contribution in [0.25, 0.3) is 6.08 Å². The molecule has 1 aliphatic rings. The third kappa shape index (κ3) is 3.83. The lowest BCUT2D eigenvalue weighted by Crippen LogP contribution is -2.22. The smallest absolute Gasteiger partial charge is 0.326 e. The molecule has 0 radical (unpaired) electrons. The van der Waals surface area contributed by atoms with Gasteiger partial charge in [0.15, 0.2) is 0 Å². The van der Waals surface area contributed by atoms with Gasteiger partial charge in [0, 0.05) is 10.0 Å². The standard InChI is InChI=1S/C18H15BrN2O3/c1-11-3-2-4-12(7-11)10-24-16-6-5-14(19)8-13(16)9-15-17(22)21-18(23)20-15/h2-9H,10H2,1H3,(H2,20,21,22,23). The third-order valence-corrected chi connectivity index (χ3v) is 3.96. The quantitative estimate of drug-likeness (QED) is 0.623. The summed E-state index contributed by atoms with van der Waals surface area (Å²) in [5, 5.41) is 4.65. The van der Waals surface area contributed by atoms with Gasteiger partial charge in [0.1, 0.15) is 18.1 Å². The monoisotopic (exact) mass is 386 g/mol. The Bertz CT molecular complexity index is 846. The van der Waals surface area contributed by atoms with Gasteiger partial charge in [0.2, 0.25) is 0 Å². The number of amides is 3. The highest BCUT2D eigenvalue weighted by molar-refractivity contribution is 9.10. The Kier molecular flexibility index (Phi) is 4.66. The van der Waals surface area contributed by atoms with Crippen LogP contribution in [0.3, 0.4) is 0 Å². The number of ether oxygens (including phenoxy) is 1. The predicted molar refractivity (Wildman–Crippen MR) is 94.3 cm³/mol. The number of hydrogen-bond acceptors (Lipinski definition) is 3. The van der Waals surface area contributed by atoms with Gasteiger partial charge in [0.05, 0.1) is 0 Å². The molecule has 0 spiro atoms. The lowest BCUT2D eigenvalue weighted by atomic mass is 10.1. The van der Waals surface area contributed by atoms with Gasteiger partial charge in [-0.25, -0.2) is 4.79 Å². The molecule has 3 rings (SSSR count). The second-order valence-corrected chi connectivity index (χ2v) is 6.34. The SMILES string of the molecule is Cc1cccc(COc2ccc(Br)cc2C=C2NC(=O)NC2=O)c1. The van der Waals surface area contributed by atoms with Gasteiger partial charge in [-0.2, -0.15) is 0 Å². The van der Waals surface area contributed by atoms with Gasteiger partial charge >= 0.3 is 6.03 Å². The molecule has 3 amide bonds. The highest BCUT2D eigenvalue weighted by Gasteiger charge is 2.23. The van der Waals surface area contributed by atoms with Crippen molar-refractivity contribution in [3.63, 3.8) is 0 Å². The molecule has 0 aromatic heterocycles. The summed E-state index contributed by atoms with van der Waals surface area (Å²) < 4.78 is 6.74. The predicted octanol–water partition coefficient (Wildman–Crippen LogP) is 3.52. The molecular weight excluding hydrogens is 372 g/mol. The number of halogens is 1. The van der Waals surface area contributed by atoms with Crippen molar-refractivity contribution < 1.29 is 14.3 Å². The van der Waals surface area contributed by atoms with Gasteiger partial charge in [-0.05, 0) is 36.8 Å². The molecule has 2 aromatic carbocycles. The van der Waals surface area contributed by atoms with E-state index in [1.807, 2.05) is 43.3 Å². The van der Waals surface area contributed by atoms with Gasteiger partial charge in [-0.15, -0.1) is 0 Å². The number of benzene rings is 2. The molecule has 6 heteroatoms. The summed E-state index contributed by atoms with van der Waals surface area (Å²) >= 11 is 3.41. The summed E-state index contributed by atoms with van der Waals surface area (Å²) in [5.41, 5.74) is 3.12. The number of rotatable bonds is 4. The number of imide groups is 1. The number of carbonyl (C=O) groups excluding carboxylic acids is 2. The number of nitrogens with one attached hydrogen (secondary N) is 2. The van der Waals surface area contributed by atoms with Crippen molar-refractivity contribution in [1.29, 1.82) is 0 Å². The summed E-state index contributed by atoms with van der Waals surface area (Å²) in [6.45, 7) is 2.44. The fraction of sp³-hybridized carbons (Fsp3) is 0.111. The van der Waals surface area contributed by atoms with E-state index in [0.29, 0.717) is 17.9 Å². The highest BCUT2D eigenvalue weighted by atomic mass is 79.9. The molecule has 1 heterocycles. The van der Waals surface area contributed by atoms with E-state index in [1.54, 1.807) is 6.08 Å². The summed E-state index contributed by atoms with van der Waals surface area (Å²) in [6.07, 6.45) is 1.59. The van der Waals surface area contributed by atoms with Crippen LogP contribution in [-0.2, 0) is 11.4 Å². The van der Waals surface area contributed by atoms with Crippen LogP contribution >= 0.6 is 15.9 Å². The number of urea groups is 1. The Morgan fingerprint density at radius 2 is 1.96 bits per heavy atom. The molecule has 122 valence electrons. The van der Waals surface area contributed by atoms with Crippen molar-refractivity contribution in [2.75, 3.05) is 0 Å². The zero-order valence-corrected chi connectivity index (χ0v) is 14.5. The van der Waals surface area contributed by atoms with Gasteiger partial charge < -0.3 is 10.1 Å². The zero-order chi connectivity index (χ0) is 17.1. The Morgan fingerprint density at radius 1 is 1.12 bits per heavy atom. The summed E-state index contributed by atoms with van der Waals surface area (Å²) in [4.78, 5) is 22.9. The van der Waals surface area contributed by atoms with Gasteiger partial charge in [-0.1, -0.05) is 45.8 Å². The summed E-state index contributed by atoms with van der Waals surface area (Å²) in [5.74, 6) is 0.172. The van der Waals surface area contributed by atoms with Crippen LogP contribution in [0, 0.1) is 6.92 Å². The minimum atomic E-state index is -0.525. The molecule has 1 aliphatic heterocycles. The molecule has 0 atom stereocenters. The topological polar surface area (TPSA) is 67.4 Å². The van der Waals surface area contributed by atoms with Crippen molar-refractivity contribution in [2.45, 2.75) is 13.5 Å². The van der Waals surface area contributed by atoms with E-state index in [-0.39, 0.29) is 5.70 Å². The van der Waals surface area contributed by atoms with Crippen molar-refractivity contribution in [3.8, 4) is 5.75 Å². The molecule has 2 N–H and O–H groups in total. The Morgan fingerprint density at radius 3 is 2.67 bits per heavy atom. The summed E-state index contributed by atoms with van der Waals surface area (Å²) in [7, 11) is 0. The van der Waals surface area contributed by atoms with E-state index in [1.165, 1.54) is 5.56 Å². The van der Waals surface area contributed by atoms with E-state index in [2.05, 4.69) is 32.6 Å². The normalized spacial score (nSPS) is 15.3. The molecule has 24 heavy (non-hydrogen) atoms. The van der Waals surface area contributed by atoms with Crippen LogP contribution in [0.4, 0.5) is 4.79 Å². The van der Waals surface area contributed by atoms with Crippen LogP contribution in [0.2, 0.25) is 0 Å². The minimum absolute atomic E-state index is 0.193. The van der Waals surface area contributed by atoms with Crippen LogP contribution in [0.1, 0.15) is 16.7 Å². The van der Waals surface area contributed by atoms with E-state index in [9.17, 15) is 9.59 Å². The van der Waals surface area contributed by atoms with Crippen molar-refractivity contribution in [2.24, 2.45) is 0 Å². The average molecular weight is 387 g/mol. The minimum Gasteiger partial charge on any atom is -0.488 e. The molecule has 1 fully saturated rings. The molecule has 1 saturated heterocycles. The van der Waals surface area contributed by atoms with Crippen molar-refractivity contribution in [1.82, 2.24) is 10.6 Å². The number of carbonyl (C=O) groups is 2. The first kappa shape index (κ1) is 16.3. The first-order chi connectivity index (χ1) is 11.5. The molecule has 0 unspecified atom stereocenters. The van der Waals surface area contributed by atoms with Crippen LogP contribution in [0.5, 0.6) is 5.75 Å². The van der Waals surface area contributed by atoms with Crippen LogP contribution in [0.15, 0.2) is 52.6 Å². The fourth-order valence-electron chi connectivity index (χ4n) is 2.36. The molecule has 0 aliphatic carbocycles. The lowest BCUT2D eigenvalue weighted by Gasteiger charge is -2.11. The Balaban J connectivity index is 1.84. The second-order valence-electron chi connectivity index (χ2n) is 5.43. The fourth-order valence-corrected chi connectivity index (χ4v) is 2.74. The average Bonchev–Trinajstić information content (AvgIpc) is 2.84. The molecule has 0 bridgehead atoms. The number of hydrogen-bond donors (Lipinski definition) is 2. The zero-order valence-electron chi connectivity index (χ0n) is 12.9. The van der Waals surface area contributed by atoms with E-state index in [4.69, 9.17) is 4.74 Å². The van der Waals surface area contributed by atoms with E-state index < -0.39 is 11.9 Å². The Hall–Kier alpha value is -2.60. The first-order valence-corrected chi connectivity index (χ1v) is 8.12. The maximum Gasteiger partial charge on any atom is 0.326 e. The molecule has 0 saturated carbocycles. The van der Waals surface area contributed by atoms with Crippen molar-refractivity contribution >= 4 is 33.9 Å². The van der Waals surface area contributed by atoms with E-state index >= 15 is 0 Å². The number of aryl methyl sites for hydroxylation is 1. The summed E-state index contributed by atoms with van der Waals surface area (Å²) in [6, 6.07) is 13.1. The Labute approximate surface area is 147 Å². The van der Waals surface area contributed by atoms with Gasteiger partial charge in [-0.3, -0.25) is 10.1 Å². The first-order valence-electron chi connectivity index (χ1n) is 7.33. The van der Waals surface area contributed by atoms with Crippen LogP contribution in [-0.4, -0.2) is 11.9 Å². The third-order valence-electron chi connectivity index (χ3n) is 3.47. The second kappa shape index (κ2) is 6.88. The molecule has 5 nitrogen and oxygen atoms in total. The largest absolute Gasteiger partial charge is 0.488 e. The highest BCUT2D eigenvalue weighted by Crippen LogP contribution is 2.26. The molecular formula is C18H15BrN2O3. The van der Waals surface area contributed by atoms with Crippen LogP contribution < -0.4 is 15.4 Å².